The Morgan fingerprint density at radius 1 is 0.800 bits per heavy atom. The van der Waals surface area contributed by atoms with Crippen molar-refractivity contribution in [2.24, 2.45) is 0 Å². The van der Waals surface area contributed by atoms with E-state index in [4.69, 9.17) is 0 Å². The van der Waals surface area contributed by atoms with Crippen LogP contribution in [-0.4, -0.2) is 37.7 Å². The summed E-state index contributed by atoms with van der Waals surface area (Å²) in [6.07, 6.45) is 0. The van der Waals surface area contributed by atoms with E-state index in [9.17, 15) is 0 Å². The van der Waals surface area contributed by atoms with Gasteiger partial charge in [-0.05, 0) is 0 Å². The van der Waals surface area contributed by atoms with Crippen molar-refractivity contribution in [1.29, 1.82) is 0 Å². The first-order chi connectivity index (χ1) is 1.00. The van der Waals surface area contributed by atoms with Crippen LogP contribution in [0.3, 0.4) is 0 Å². The standard InChI is InChI=1S/C2H6.2BrH.Ca/c1-2;;;/h1-2H3;2*1H;/q;;;+2/p-2. The van der Waals surface area contributed by atoms with Crippen molar-refractivity contribution in [2.75, 3.05) is 0 Å². The van der Waals surface area contributed by atoms with Crippen LogP contribution in [0.1, 0.15) is 13.8 Å². The summed E-state index contributed by atoms with van der Waals surface area (Å²) in [4.78, 5) is 0. The number of halogens is 2. The summed E-state index contributed by atoms with van der Waals surface area (Å²) >= 11 is 0. The van der Waals surface area contributed by atoms with Gasteiger partial charge in [0.1, 0.15) is 0 Å². The molecule has 0 aliphatic rings. The van der Waals surface area contributed by atoms with Crippen LogP contribution in [0.2, 0.25) is 0 Å². The third-order valence-electron chi connectivity index (χ3n) is 0. The van der Waals surface area contributed by atoms with Crippen LogP contribution in [0.25, 0.3) is 0 Å². The van der Waals surface area contributed by atoms with Crippen molar-refractivity contribution in [3.63, 3.8) is 0 Å². The van der Waals surface area contributed by atoms with E-state index in [1.165, 1.54) is 0 Å². The molecule has 0 aromatic rings. The molecule has 0 saturated carbocycles. The van der Waals surface area contributed by atoms with E-state index in [1.807, 2.05) is 13.8 Å². The van der Waals surface area contributed by atoms with Gasteiger partial charge in [-0.2, -0.15) is 0 Å². The second-order valence-electron chi connectivity index (χ2n) is 0. The summed E-state index contributed by atoms with van der Waals surface area (Å²) < 4.78 is 0. The van der Waals surface area contributed by atoms with E-state index in [-0.39, 0.29) is 71.7 Å². The van der Waals surface area contributed by atoms with Crippen molar-refractivity contribution in [3.8, 4) is 0 Å². The molecule has 0 heterocycles. The fourth-order valence-corrected chi connectivity index (χ4v) is 0. The molecule has 3 heteroatoms. The fourth-order valence-electron chi connectivity index (χ4n) is 0. The molecule has 0 aliphatic heterocycles. The third-order valence-corrected chi connectivity index (χ3v) is 0. The molecule has 0 amide bonds. The second-order valence-corrected chi connectivity index (χ2v) is 0. The van der Waals surface area contributed by atoms with Crippen molar-refractivity contribution < 1.29 is 34.0 Å². The Bertz CT molecular complexity index is 7.61. The third kappa shape index (κ3) is 22.5. The maximum Gasteiger partial charge on any atom is 2.00 e. The van der Waals surface area contributed by atoms with Crippen LogP contribution in [0.4, 0.5) is 0 Å². The molecule has 5 heavy (non-hydrogen) atoms. The van der Waals surface area contributed by atoms with Crippen LogP contribution >= 0.6 is 0 Å². The normalized spacial score (nSPS) is 1.20. The predicted octanol–water partition coefficient (Wildman–Crippen LogP) is -5.35. The Kier molecular flexibility index (Phi) is 185. The molecule has 0 atom stereocenters. The molecule has 0 bridgehead atoms. The van der Waals surface area contributed by atoms with E-state index in [0.29, 0.717) is 0 Å². The molecule has 0 saturated heterocycles. The Labute approximate surface area is 84.2 Å². The van der Waals surface area contributed by atoms with Gasteiger partial charge < -0.3 is 34.0 Å². The van der Waals surface area contributed by atoms with Gasteiger partial charge in [-0.15, -0.1) is 0 Å². The molecule has 0 aliphatic carbocycles. The van der Waals surface area contributed by atoms with Gasteiger partial charge in [0, 0.05) is 0 Å². The molecule has 30 valence electrons. The Balaban J connectivity index is -0.00000000167. The van der Waals surface area contributed by atoms with Crippen molar-refractivity contribution in [3.05, 3.63) is 0 Å². The summed E-state index contributed by atoms with van der Waals surface area (Å²) in [6, 6.07) is 0. The van der Waals surface area contributed by atoms with Crippen LogP contribution in [0, 0.1) is 0 Å². The molecule has 0 nitrogen and oxygen atoms in total. The molecule has 0 rings (SSSR count). The minimum Gasteiger partial charge on any atom is -1.00 e. The van der Waals surface area contributed by atoms with Crippen LogP contribution < -0.4 is 34.0 Å². The van der Waals surface area contributed by atoms with Gasteiger partial charge in [0.05, 0.1) is 0 Å². The zero-order valence-electron chi connectivity index (χ0n) is 3.46. The van der Waals surface area contributed by atoms with Crippen molar-refractivity contribution in [1.82, 2.24) is 0 Å². The van der Waals surface area contributed by atoms with Gasteiger partial charge in [0.2, 0.25) is 0 Å². The van der Waals surface area contributed by atoms with Crippen molar-refractivity contribution in [2.45, 2.75) is 13.8 Å². The Morgan fingerprint density at radius 3 is 0.800 bits per heavy atom. The minimum atomic E-state index is 0. The molecular weight excluding hydrogens is 224 g/mol. The van der Waals surface area contributed by atoms with E-state index in [0.717, 1.165) is 0 Å². The molecule has 0 spiro atoms. The summed E-state index contributed by atoms with van der Waals surface area (Å²) in [7, 11) is 0. The van der Waals surface area contributed by atoms with Crippen LogP contribution in [-0.2, 0) is 0 Å². The molecule has 0 unspecified atom stereocenters. The minimum absolute atomic E-state index is 0. The smallest absolute Gasteiger partial charge is 1.00 e. The van der Waals surface area contributed by atoms with Gasteiger partial charge in [-0.25, -0.2) is 0 Å². The molecule has 0 fully saturated rings. The number of hydrogen-bond acceptors (Lipinski definition) is 0. The summed E-state index contributed by atoms with van der Waals surface area (Å²) in [5.41, 5.74) is 0. The number of hydrogen-bond donors (Lipinski definition) is 0. The SMILES string of the molecule is CC.[Br-].[Br-].[Ca+2]. The van der Waals surface area contributed by atoms with Gasteiger partial charge in [0.25, 0.3) is 0 Å². The van der Waals surface area contributed by atoms with Gasteiger partial charge >= 0.3 is 37.7 Å². The van der Waals surface area contributed by atoms with E-state index >= 15 is 0 Å². The van der Waals surface area contributed by atoms with E-state index in [1.54, 1.807) is 0 Å². The maximum absolute atomic E-state index is 2.00. The van der Waals surface area contributed by atoms with Crippen LogP contribution in [0.5, 0.6) is 0 Å². The quantitative estimate of drug-likeness (QED) is 0.364. The molecular formula is C2H6Br2Ca. The van der Waals surface area contributed by atoms with E-state index < -0.39 is 0 Å². The van der Waals surface area contributed by atoms with Gasteiger partial charge in [0.15, 0.2) is 0 Å². The summed E-state index contributed by atoms with van der Waals surface area (Å²) in [6.45, 7) is 4.00. The first-order valence-electron chi connectivity index (χ1n) is 1.00. The summed E-state index contributed by atoms with van der Waals surface area (Å²) in [5, 5.41) is 0. The average Bonchev–Trinajstić information content (AvgIpc) is 1.00. The predicted molar refractivity (Wildman–Crippen MR) is 17.1 cm³/mol. The maximum atomic E-state index is 2.00. The first-order valence-corrected chi connectivity index (χ1v) is 1.00. The topological polar surface area (TPSA) is 0 Å². The van der Waals surface area contributed by atoms with Gasteiger partial charge in [-0.1, -0.05) is 13.8 Å². The molecule has 0 N–H and O–H groups in total. The zero-order valence-corrected chi connectivity index (χ0v) is 8.84. The largest absolute Gasteiger partial charge is 2.00 e. The molecule has 0 aromatic heterocycles. The summed E-state index contributed by atoms with van der Waals surface area (Å²) in [5.74, 6) is 0. The second kappa shape index (κ2) is 34.4. The average molecular weight is 230 g/mol. The fraction of sp³-hybridized carbons (Fsp3) is 1.00. The number of rotatable bonds is 0. The van der Waals surface area contributed by atoms with E-state index in [2.05, 4.69) is 0 Å². The monoisotopic (exact) mass is 228 g/mol. The van der Waals surface area contributed by atoms with Gasteiger partial charge in [-0.3, -0.25) is 0 Å². The van der Waals surface area contributed by atoms with Crippen molar-refractivity contribution >= 4 is 37.7 Å². The zero-order chi connectivity index (χ0) is 2.00. The Morgan fingerprint density at radius 2 is 0.800 bits per heavy atom. The molecule has 0 aromatic carbocycles. The Hall–Kier alpha value is 2.22. The van der Waals surface area contributed by atoms with Crippen LogP contribution in [0.15, 0.2) is 0 Å². The molecule has 0 radical (unpaired) electrons. The first kappa shape index (κ1) is 26.9.